The molecule has 0 spiro atoms. The third-order valence-electron chi connectivity index (χ3n) is 5.80. The van der Waals surface area contributed by atoms with Crippen molar-refractivity contribution in [1.29, 1.82) is 0 Å². The molecule has 3 rings (SSSR count). The Kier molecular flexibility index (Phi) is 7.95. The van der Waals surface area contributed by atoms with E-state index in [4.69, 9.17) is 9.47 Å². The van der Waals surface area contributed by atoms with E-state index >= 15 is 0 Å². The van der Waals surface area contributed by atoms with Crippen LogP contribution in [-0.4, -0.2) is 69.6 Å². The summed E-state index contributed by atoms with van der Waals surface area (Å²) in [5.74, 6) is 0.913. The predicted molar refractivity (Wildman–Crippen MR) is 120 cm³/mol. The van der Waals surface area contributed by atoms with Crippen molar-refractivity contribution in [1.82, 2.24) is 14.7 Å². The Balaban J connectivity index is 1.69. The van der Waals surface area contributed by atoms with Crippen LogP contribution in [0.3, 0.4) is 0 Å². The Hall–Kier alpha value is -2.39. The summed E-state index contributed by atoms with van der Waals surface area (Å²) in [4.78, 5) is 27.6. The third kappa shape index (κ3) is 6.80. The van der Waals surface area contributed by atoms with Gasteiger partial charge in [-0.05, 0) is 33.1 Å². The van der Waals surface area contributed by atoms with Gasteiger partial charge < -0.3 is 24.8 Å². The zero-order chi connectivity index (χ0) is 23.3. The van der Waals surface area contributed by atoms with Crippen LogP contribution in [0.4, 0.5) is 5.82 Å². The molecule has 1 aliphatic carbocycles. The Bertz CT molecular complexity index is 823. The average molecular weight is 449 g/mol. The third-order valence-corrected chi connectivity index (χ3v) is 5.80. The SMILES string of the molecule is COCC(C)OC1=CC(=O)N(C(CC2CCCC2)C(=O)Nc2ccn(CC(C)(C)O)n2)C1. The molecule has 1 fully saturated rings. The van der Waals surface area contributed by atoms with Gasteiger partial charge in [-0.2, -0.15) is 5.10 Å². The zero-order valence-electron chi connectivity index (χ0n) is 19.5. The van der Waals surface area contributed by atoms with Crippen LogP contribution in [0.25, 0.3) is 0 Å². The maximum Gasteiger partial charge on any atom is 0.251 e. The lowest BCUT2D eigenvalue weighted by Crippen LogP contribution is -2.46. The molecular weight excluding hydrogens is 412 g/mol. The molecule has 0 saturated heterocycles. The molecule has 32 heavy (non-hydrogen) atoms. The molecule has 2 N–H and O–H groups in total. The number of rotatable bonds is 11. The van der Waals surface area contributed by atoms with Crippen molar-refractivity contribution in [3.05, 3.63) is 24.1 Å². The number of amides is 2. The Labute approximate surface area is 189 Å². The predicted octanol–water partition coefficient (Wildman–Crippen LogP) is 2.32. The fourth-order valence-corrected chi connectivity index (χ4v) is 4.43. The van der Waals surface area contributed by atoms with Gasteiger partial charge in [0.2, 0.25) is 5.91 Å². The molecule has 1 saturated carbocycles. The molecule has 0 radical (unpaired) electrons. The van der Waals surface area contributed by atoms with E-state index in [0.29, 0.717) is 37.1 Å². The van der Waals surface area contributed by atoms with E-state index in [0.717, 1.165) is 25.7 Å². The summed E-state index contributed by atoms with van der Waals surface area (Å²) in [7, 11) is 1.60. The van der Waals surface area contributed by atoms with Crippen LogP contribution in [0.2, 0.25) is 0 Å². The maximum atomic E-state index is 13.3. The number of nitrogens with one attached hydrogen (secondary N) is 1. The van der Waals surface area contributed by atoms with Crippen LogP contribution >= 0.6 is 0 Å². The number of ether oxygens (including phenoxy) is 2. The smallest absolute Gasteiger partial charge is 0.251 e. The molecule has 9 heteroatoms. The van der Waals surface area contributed by atoms with E-state index in [1.54, 1.807) is 42.8 Å². The van der Waals surface area contributed by atoms with Gasteiger partial charge in [-0.3, -0.25) is 14.3 Å². The standard InChI is InChI=1S/C23H36N4O5/c1-16(14-31-4)32-18-12-21(28)27(13-18)19(11-17-7-5-6-8-17)22(29)24-20-9-10-26(25-20)15-23(2,3)30/h9-10,12,16-17,19,30H,5-8,11,13-15H2,1-4H3,(H,24,25,29). The summed E-state index contributed by atoms with van der Waals surface area (Å²) < 4.78 is 12.5. The highest BCUT2D eigenvalue weighted by molar-refractivity contribution is 5.99. The van der Waals surface area contributed by atoms with Gasteiger partial charge in [0.1, 0.15) is 17.9 Å². The van der Waals surface area contributed by atoms with Crippen molar-refractivity contribution in [2.75, 3.05) is 25.6 Å². The van der Waals surface area contributed by atoms with Gasteiger partial charge in [-0.25, -0.2) is 0 Å². The first-order valence-electron chi connectivity index (χ1n) is 11.4. The highest BCUT2D eigenvalue weighted by atomic mass is 16.5. The lowest BCUT2D eigenvalue weighted by molar-refractivity contribution is -0.134. The molecule has 1 aliphatic heterocycles. The van der Waals surface area contributed by atoms with Gasteiger partial charge >= 0.3 is 0 Å². The molecule has 2 aliphatic rings. The fraction of sp³-hybridized carbons (Fsp3) is 0.696. The van der Waals surface area contributed by atoms with E-state index in [-0.39, 0.29) is 24.5 Å². The molecule has 1 aromatic rings. The van der Waals surface area contributed by atoms with E-state index in [2.05, 4.69) is 10.4 Å². The first-order chi connectivity index (χ1) is 15.1. The molecule has 1 aromatic heterocycles. The molecular formula is C23H36N4O5. The number of hydrogen-bond acceptors (Lipinski definition) is 6. The number of methoxy groups -OCH3 is 1. The Morgan fingerprint density at radius 2 is 2.09 bits per heavy atom. The lowest BCUT2D eigenvalue weighted by atomic mass is 9.96. The molecule has 9 nitrogen and oxygen atoms in total. The quantitative estimate of drug-likeness (QED) is 0.538. The van der Waals surface area contributed by atoms with E-state index in [1.165, 1.54) is 6.08 Å². The van der Waals surface area contributed by atoms with Gasteiger partial charge in [0.15, 0.2) is 5.82 Å². The molecule has 2 atom stereocenters. The first kappa shape index (κ1) is 24.3. The van der Waals surface area contributed by atoms with E-state index in [1.807, 2.05) is 6.92 Å². The largest absolute Gasteiger partial charge is 0.491 e. The van der Waals surface area contributed by atoms with Crippen molar-refractivity contribution in [3.63, 3.8) is 0 Å². The Morgan fingerprint density at radius 1 is 1.38 bits per heavy atom. The number of aromatic nitrogens is 2. The van der Waals surface area contributed by atoms with Crippen LogP contribution in [0.1, 0.15) is 52.9 Å². The summed E-state index contributed by atoms with van der Waals surface area (Å²) >= 11 is 0. The van der Waals surface area contributed by atoms with Crippen molar-refractivity contribution in [3.8, 4) is 0 Å². The van der Waals surface area contributed by atoms with Gasteiger partial charge in [-0.1, -0.05) is 25.7 Å². The second-order valence-corrected chi connectivity index (χ2v) is 9.56. The second kappa shape index (κ2) is 10.5. The number of carbonyl (C=O) groups excluding carboxylic acids is 2. The summed E-state index contributed by atoms with van der Waals surface area (Å²) in [5.41, 5.74) is -0.914. The minimum atomic E-state index is -0.914. The van der Waals surface area contributed by atoms with E-state index in [9.17, 15) is 14.7 Å². The van der Waals surface area contributed by atoms with Gasteiger partial charge in [0.25, 0.3) is 5.91 Å². The van der Waals surface area contributed by atoms with Crippen LogP contribution in [-0.2, 0) is 25.6 Å². The average Bonchev–Trinajstić information content (AvgIpc) is 3.41. The highest BCUT2D eigenvalue weighted by Crippen LogP contribution is 2.31. The van der Waals surface area contributed by atoms with Crippen molar-refractivity contribution >= 4 is 17.6 Å². The van der Waals surface area contributed by atoms with Crippen molar-refractivity contribution in [2.45, 2.75) is 77.2 Å². The van der Waals surface area contributed by atoms with Crippen molar-refractivity contribution < 1.29 is 24.2 Å². The minimum absolute atomic E-state index is 0.180. The highest BCUT2D eigenvalue weighted by Gasteiger charge is 2.36. The lowest BCUT2D eigenvalue weighted by Gasteiger charge is -2.29. The molecule has 2 amide bonds. The summed E-state index contributed by atoms with van der Waals surface area (Å²) in [5, 5.41) is 17.2. The van der Waals surface area contributed by atoms with Gasteiger partial charge in [-0.15, -0.1) is 0 Å². The zero-order valence-corrected chi connectivity index (χ0v) is 19.5. The molecule has 0 bridgehead atoms. The van der Waals surface area contributed by atoms with Crippen LogP contribution in [0, 0.1) is 5.92 Å². The van der Waals surface area contributed by atoms with Crippen LogP contribution in [0.15, 0.2) is 24.1 Å². The van der Waals surface area contributed by atoms with Gasteiger partial charge in [0, 0.05) is 25.4 Å². The van der Waals surface area contributed by atoms with E-state index < -0.39 is 11.6 Å². The van der Waals surface area contributed by atoms with Gasteiger partial charge in [0.05, 0.1) is 25.3 Å². The topological polar surface area (TPSA) is 106 Å². The first-order valence-corrected chi connectivity index (χ1v) is 11.4. The molecule has 178 valence electrons. The maximum absolute atomic E-state index is 13.3. The fourth-order valence-electron chi connectivity index (χ4n) is 4.43. The molecule has 2 heterocycles. The van der Waals surface area contributed by atoms with Crippen molar-refractivity contribution in [2.24, 2.45) is 5.92 Å². The minimum Gasteiger partial charge on any atom is -0.491 e. The normalized spacial score (nSPS) is 19.2. The summed E-state index contributed by atoms with van der Waals surface area (Å²) in [6.45, 7) is 6.27. The Morgan fingerprint density at radius 3 is 2.75 bits per heavy atom. The van der Waals surface area contributed by atoms with Crippen LogP contribution < -0.4 is 5.32 Å². The summed E-state index contributed by atoms with van der Waals surface area (Å²) in [6.07, 6.45) is 8.11. The second-order valence-electron chi connectivity index (χ2n) is 9.56. The number of aliphatic hydroxyl groups is 1. The number of carbonyl (C=O) groups is 2. The number of hydrogen-bond donors (Lipinski definition) is 2. The van der Waals surface area contributed by atoms with Crippen LogP contribution in [0.5, 0.6) is 0 Å². The number of anilines is 1. The number of nitrogens with zero attached hydrogens (tertiary/aromatic N) is 3. The molecule has 0 aromatic carbocycles. The molecule has 2 unspecified atom stereocenters. The summed E-state index contributed by atoms with van der Waals surface area (Å²) in [6, 6.07) is 1.10. The monoisotopic (exact) mass is 448 g/mol.